The fraction of sp³-hybridized carbons (Fsp3) is 0.190. The summed E-state index contributed by atoms with van der Waals surface area (Å²) < 4.78 is 17.3. The molecule has 1 unspecified atom stereocenters. The maximum atomic E-state index is 11.5. The maximum absolute atomic E-state index is 11.5. The number of thiophene rings is 1. The number of hydrogen-bond acceptors (Lipinski definition) is 5. The summed E-state index contributed by atoms with van der Waals surface area (Å²) in [6, 6.07) is 15.2. The van der Waals surface area contributed by atoms with Crippen LogP contribution in [-0.2, 0) is 4.79 Å². The van der Waals surface area contributed by atoms with E-state index in [0.717, 1.165) is 11.3 Å². The zero-order chi connectivity index (χ0) is 18.6. The van der Waals surface area contributed by atoms with Gasteiger partial charge in [0.15, 0.2) is 11.5 Å². The van der Waals surface area contributed by atoms with E-state index in [1.54, 1.807) is 18.4 Å². The SMILES string of the molecule is COc1ccc(C2CNC(=O)C2)cc1Oc1cccc(Oc2ccsc2)c1. The van der Waals surface area contributed by atoms with Crippen LogP contribution in [0.3, 0.4) is 0 Å². The molecule has 138 valence electrons. The van der Waals surface area contributed by atoms with E-state index >= 15 is 0 Å². The number of carbonyl (C=O) groups excluding carboxylic acids is 1. The third-order valence-corrected chi connectivity index (χ3v) is 5.06. The van der Waals surface area contributed by atoms with Crippen LogP contribution in [-0.4, -0.2) is 19.6 Å². The smallest absolute Gasteiger partial charge is 0.220 e. The van der Waals surface area contributed by atoms with Crippen molar-refractivity contribution < 1.29 is 19.0 Å². The van der Waals surface area contributed by atoms with Crippen LogP contribution in [0.25, 0.3) is 0 Å². The number of nitrogens with one attached hydrogen (secondary N) is 1. The lowest BCUT2D eigenvalue weighted by molar-refractivity contribution is -0.119. The highest BCUT2D eigenvalue weighted by Crippen LogP contribution is 2.37. The Hall–Kier alpha value is -2.99. The summed E-state index contributed by atoms with van der Waals surface area (Å²) in [6.07, 6.45) is 0.496. The first-order valence-corrected chi connectivity index (χ1v) is 9.58. The van der Waals surface area contributed by atoms with Crippen LogP contribution in [0.15, 0.2) is 59.3 Å². The van der Waals surface area contributed by atoms with Gasteiger partial charge < -0.3 is 19.5 Å². The monoisotopic (exact) mass is 381 g/mol. The number of carbonyl (C=O) groups is 1. The van der Waals surface area contributed by atoms with E-state index < -0.39 is 0 Å². The molecule has 1 N–H and O–H groups in total. The molecule has 2 heterocycles. The molecule has 1 saturated heterocycles. The van der Waals surface area contributed by atoms with Crippen molar-refractivity contribution in [1.82, 2.24) is 5.32 Å². The van der Waals surface area contributed by atoms with Gasteiger partial charge in [0.25, 0.3) is 0 Å². The van der Waals surface area contributed by atoms with Crippen LogP contribution < -0.4 is 19.5 Å². The summed E-state index contributed by atoms with van der Waals surface area (Å²) in [5.41, 5.74) is 1.05. The molecule has 1 atom stereocenters. The molecule has 1 aliphatic rings. The molecular formula is C21H19NO4S. The van der Waals surface area contributed by atoms with Crippen molar-refractivity contribution in [2.24, 2.45) is 0 Å². The number of methoxy groups -OCH3 is 1. The van der Waals surface area contributed by atoms with Crippen molar-refractivity contribution >= 4 is 17.2 Å². The second-order valence-corrected chi connectivity index (χ2v) is 7.03. The van der Waals surface area contributed by atoms with Crippen LogP contribution in [0.5, 0.6) is 28.7 Å². The lowest BCUT2D eigenvalue weighted by Gasteiger charge is -2.15. The zero-order valence-corrected chi connectivity index (χ0v) is 15.6. The first-order valence-electron chi connectivity index (χ1n) is 8.64. The average molecular weight is 381 g/mol. The van der Waals surface area contributed by atoms with Crippen LogP contribution >= 0.6 is 11.3 Å². The van der Waals surface area contributed by atoms with E-state index in [-0.39, 0.29) is 11.8 Å². The molecule has 27 heavy (non-hydrogen) atoms. The summed E-state index contributed by atoms with van der Waals surface area (Å²) in [6.45, 7) is 0.647. The molecule has 5 nitrogen and oxygen atoms in total. The molecule has 6 heteroatoms. The summed E-state index contributed by atoms with van der Waals surface area (Å²) in [5, 5.41) is 6.78. The Kier molecular flexibility index (Phi) is 4.98. The van der Waals surface area contributed by atoms with Gasteiger partial charge >= 0.3 is 0 Å². The van der Waals surface area contributed by atoms with E-state index in [9.17, 15) is 4.79 Å². The molecule has 0 aliphatic carbocycles. The quantitative estimate of drug-likeness (QED) is 0.657. The fourth-order valence-corrected chi connectivity index (χ4v) is 3.59. The summed E-state index contributed by atoms with van der Waals surface area (Å²) >= 11 is 1.58. The molecule has 0 radical (unpaired) electrons. The fourth-order valence-electron chi connectivity index (χ4n) is 3.04. The van der Waals surface area contributed by atoms with Gasteiger partial charge in [-0.05, 0) is 41.3 Å². The minimum absolute atomic E-state index is 0.0802. The molecule has 1 fully saturated rings. The Morgan fingerprint density at radius 1 is 1.00 bits per heavy atom. The summed E-state index contributed by atoms with van der Waals surface area (Å²) in [7, 11) is 1.61. The molecule has 3 aromatic rings. The topological polar surface area (TPSA) is 56.8 Å². The number of ether oxygens (including phenoxy) is 3. The van der Waals surface area contributed by atoms with Crippen molar-refractivity contribution in [3.63, 3.8) is 0 Å². The Morgan fingerprint density at radius 3 is 2.56 bits per heavy atom. The van der Waals surface area contributed by atoms with Crippen LogP contribution in [0, 0.1) is 0 Å². The highest BCUT2D eigenvalue weighted by molar-refractivity contribution is 7.08. The first-order chi connectivity index (χ1) is 13.2. The standard InChI is InChI=1S/C21H19NO4S/c1-24-19-6-5-14(15-10-21(23)22-12-15)9-20(19)26-17-4-2-3-16(11-17)25-18-7-8-27-13-18/h2-9,11,13,15H,10,12H2,1H3,(H,22,23). The molecule has 0 bridgehead atoms. The minimum Gasteiger partial charge on any atom is -0.493 e. The molecule has 1 amide bonds. The predicted molar refractivity (Wildman–Crippen MR) is 104 cm³/mol. The highest BCUT2D eigenvalue weighted by Gasteiger charge is 2.24. The number of rotatable bonds is 6. The maximum Gasteiger partial charge on any atom is 0.220 e. The van der Waals surface area contributed by atoms with E-state index in [1.165, 1.54) is 0 Å². The Morgan fingerprint density at radius 2 is 1.85 bits per heavy atom. The molecule has 0 saturated carbocycles. The van der Waals surface area contributed by atoms with Crippen LogP contribution in [0.2, 0.25) is 0 Å². The summed E-state index contributed by atoms with van der Waals surface area (Å²) in [5.74, 6) is 3.64. The van der Waals surface area contributed by atoms with Gasteiger partial charge in [-0.2, -0.15) is 0 Å². The molecule has 1 aliphatic heterocycles. The normalized spacial score (nSPS) is 16.0. The third kappa shape index (κ3) is 4.06. The summed E-state index contributed by atoms with van der Waals surface area (Å²) in [4.78, 5) is 11.5. The van der Waals surface area contributed by atoms with Crippen molar-refractivity contribution in [1.29, 1.82) is 0 Å². The van der Waals surface area contributed by atoms with E-state index in [2.05, 4.69) is 5.32 Å². The third-order valence-electron chi connectivity index (χ3n) is 4.40. The second kappa shape index (κ2) is 7.72. The Balaban J connectivity index is 1.57. The first kappa shape index (κ1) is 17.4. The van der Waals surface area contributed by atoms with Gasteiger partial charge in [0, 0.05) is 30.3 Å². The molecular weight excluding hydrogens is 362 g/mol. The average Bonchev–Trinajstić information content (AvgIpc) is 3.34. The molecule has 1 aromatic heterocycles. The molecule has 2 aromatic carbocycles. The van der Waals surface area contributed by atoms with Crippen molar-refractivity contribution in [3.8, 4) is 28.7 Å². The largest absolute Gasteiger partial charge is 0.493 e. The number of hydrogen-bond donors (Lipinski definition) is 1. The van der Waals surface area contributed by atoms with E-state index in [4.69, 9.17) is 14.2 Å². The van der Waals surface area contributed by atoms with Crippen LogP contribution in [0.1, 0.15) is 17.9 Å². The minimum atomic E-state index is 0.0802. The van der Waals surface area contributed by atoms with Crippen molar-refractivity contribution in [2.75, 3.05) is 13.7 Å². The second-order valence-electron chi connectivity index (χ2n) is 6.25. The van der Waals surface area contributed by atoms with Gasteiger partial charge in [0.2, 0.25) is 5.91 Å². The van der Waals surface area contributed by atoms with Gasteiger partial charge in [-0.1, -0.05) is 12.1 Å². The zero-order valence-electron chi connectivity index (χ0n) is 14.8. The number of benzene rings is 2. The Labute approximate surface area is 161 Å². The van der Waals surface area contributed by atoms with E-state index in [1.807, 2.05) is 59.3 Å². The Bertz CT molecular complexity index is 939. The van der Waals surface area contributed by atoms with Crippen molar-refractivity contribution in [2.45, 2.75) is 12.3 Å². The van der Waals surface area contributed by atoms with Gasteiger partial charge in [0.05, 0.1) is 7.11 Å². The van der Waals surface area contributed by atoms with Gasteiger partial charge in [-0.25, -0.2) is 0 Å². The van der Waals surface area contributed by atoms with Gasteiger partial charge in [-0.15, -0.1) is 11.3 Å². The van der Waals surface area contributed by atoms with E-state index in [0.29, 0.717) is 36.0 Å². The molecule has 4 rings (SSSR count). The van der Waals surface area contributed by atoms with Gasteiger partial charge in [0.1, 0.15) is 17.2 Å². The van der Waals surface area contributed by atoms with Crippen LogP contribution in [0.4, 0.5) is 0 Å². The van der Waals surface area contributed by atoms with Crippen molar-refractivity contribution in [3.05, 3.63) is 64.9 Å². The molecule has 0 spiro atoms. The lowest BCUT2D eigenvalue weighted by Crippen LogP contribution is -2.13. The lowest BCUT2D eigenvalue weighted by atomic mass is 9.98. The number of amides is 1. The van der Waals surface area contributed by atoms with Gasteiger partial charge in [-0.3, -0.25) is 4.79 Å². The predicted octanol–water partition coefficient (Wildman–Crippen LogP) is 4.94. The highest BCUT2D eigenvalue weighted by atomic mass is 32.1.